The average Bonchev–Trinajstić information content (AvgIpc) is 3.33. The number of pyridine rings is 1. The van der Waals surface area contributed by atoms with Gasteiger partial charge in [0.05, 0.1) is 5.39 Å². The number of carboxylic acids is 1. The summed E-state index contributed by atoms with van der Waals surface area (Å²) in [4.78, 5) is 23.2. The van der Waals surface area contributed by atoms with Crippen molar-refractivity contribution in [2.45, 2.75) is 6.54 Å². The van der Waals surface area contributed by atoms with Crippen molar-refractivity contribution in [1.82, 2.24) is 0 Å². The number of aliphatic carboxylic acids is 1. The van der Waals surface area contributed by atoms with E-state index in [0.717, 1.165) is 16.3 Å². The number of nitrogens with zero attached hydrogens (tertiary/aromatic N) is 1. The van der Waals surface area contributed by atoms with Gasteiger partial charge in [-0.2, -0.15) is 4.57 Å². The molecule has 0 aliphatic carbocycles. The van der Waals surface area contributed by atoms with Gasteiger partial charge in [0.2, 0.25) is 0 Å². The van der Waals surface area contributed by atoms with Crippen molar-refractivity contribution in [3.8, 4) is 0 Å². The van der Waals surface area contributed by atoms with Crippen molar-refractivity contribution in [3.05, 3.63) is 194 Å². The minimum absolute atomic E-state index is 0.346. The van der Waals surface area contributed by atoms with Gasteiger partial charge in [-0.3, -0.25) is 0 Å². The highest BCUT2D eigenvalue weighted by Gasteiger charge is 2.52. The van der Waals surface area contributed by atoms with Gasteiger partial charge in [0, 0.05) is 11.6 Å². The van der Waals surface area contributed by atoms with Gasteiger partial charge in [0.1, 0.15) is 52.7 Å². The normalized spacial score (nSPS) is 11.5. The molecule has 5 nitrogen and oxygen atoms in total. The molecule has 0 unspecified atom stereocenters. The number of hydrogen-bond donors (Lipinski definition) is 1. The monoisotopic (exact) mass is 1000 g/mol. The van der Waals surface area contributed by atoms with E-state index in [0.29, 0.717) is 12.2 Å². The number of benzene rings is 6. The maximum Gasteiger partial charge on any atom is 0.404 e. The molecule has 0 aliphatic rings. The van der Waals surface area contributed by atoms with Gasteiger partial charge in [0.15, 0.2) is 89.2 Å². The molecule has 0 aliphatic heterocycles. The highest BCUT2D eigenvalue weighted by molar-refractivity contribution is 7.20. The van der Waals surface area contributed by atoms with E-state index in [-0.39, 0.29) is 0 Å². The number of rotatable bonds is 9. The molecule has 69 heavy (non-hydrogen) atoms. The van der Waals surface area contributed by atoms with Crippen LogP contribution in [0.15, 0.2) is 66.9 Å². The molecule has 7 rings (SSSR count). The maximum atomic E-state index is 15.4. The molecule has 360 valence electrons. The first-order chi connectivity index (χ1) is 32.3. The van der Waals surface area contributed by atoms with Crippen LogP contribution in [0.5, 0.6) is 0 Å². The van der Waals surface area contributed by atoms with Crippen LogP contribution in [0.3, 0.4) is 0 Å². The number of halogens is 20. The van der Waals surface area contributed by atoms with Crippen LogP contribution in [0.1, 0.15) is 16.1 Å². The fraction of sp³-hybridized carbons (Fsp3) is 0.0465. The zero-order chi connectivity index (χ0) is 51.3. The molecule has 0 fully saturated rings. The summed E-state index contributed by atoms with van der Waals surface area (Å²) in [6.07, 6.45) is -5.40. The molecule has 1 N–H and O–H groups in total. The van der Waals surface area contributed by atoms with Crippen LogP contribution in [0.4, 0.5) is 87.8 Å². The first kappa shape index (κ1) is 50.7. The summed E-state index contributed by atoms with van der Waals surface area (Å²) in [5.41, 5.74) is -13.0. The Kier molecular flexibility index (Phi) is 14.1. The third kappa shape index (κ3) is 8.29. The second-order valence-electron chi connectivity index (χ2n) is 14.1. The molecule has 1 heterocycles. The van der Waals surface area contributed by atoms with Crippen LogP contribution < -0.4 is 26.4 Å². The Morgan fingerprint density at radius 2 is 0.725 bits per heavy atom. The van der Waals surface area contributed by atoms with Gasteiger partial charge >= 0.3 is 11.9 Å². The Hall–Kier alpha value is -7.67. The Balaban J connectivity index is 0.000000273. The lowest BCUT2D eigenvalue weighted by molar-refractivity contribution is -0.689. The van der Waals surface area contributed by atoms with E-state index in [1.165, 1.54) is 0 Å². The number of ether oxygens (including phenoxy) is 1. The molecule has 6 aromatic carbocycles. The maximum absolute atomic E-state index is 15.4. The lowest BCUT2D eigenvalue weighted by Crippen LogP contribution is -2.81. The van der Waals surface area contributed by atoms with E-state index in [2.05, 4.69) is 0 Å². The molecular formula is C43H16BF20NO4. The highest BCUT2D eigenvalue weighted by Crippen LogP contribution is 2.31. The van der Waals surface area contributed by atoms with Crippen molar-refractivity contribution in [2.75, 3.05) is 6.61 Å². The summed E-state index contributed by atoms with van der Waals surface area (Å²) in [6, 6.07) is 19.1. The van der Waals surface area contributed by atoms with E-state index < -0.39 is 163 Å². The topological polar surface area (TPSA) is 67.5 Å². The average molecular weight is 1000 g/mol. The molecule has 0 saturated heterocycles. The lowest BCUT2D eigenvalue weighted by atomic mass is 9.12. The Morgan fingerprint density at radius 3 is 1.06 bits per heavy atom. The van der Waals surface area contributed by atoms with Gasteiger partial charge in [-0.15, -0.1) is 21.9 Å². The number of fused-ring (bicyclic) bond motifs is 1. The molecule has 0 atom stereocenters. The van der Waals surface area contributed by atoms with Gasteiger partial charge < -0.3 is 9.84 Å². The quantitative estimate of drug-likeness (QED) is 0.0396. The zero-order valence-electron chi connectivity index (χ0n) is 33.0. The van der Waals surface area contributed by atoms with Crippen molar-refractivity contribution < 1.29 is 112 Å². The van der Waals surface area contributed by atoms with Crippen LogP contribution in [0, 0.1) is 116 Å². The molecule has 0 radical (unpaired) electrons. The van der Waals surface area contributed by atoms with Gasteiger partial charge in [0.25, 0.3) is 5.69 Å². The van der Waals surface area contributed by atoms with Crippen LogP contribution in [-0.2, 0) is 16.1 Å². The van der Waals surface area contributed by atoms with Crippen LogP contribution in [-0.4, -0.2) is 29.8 Å². The third-order valence-electron chi connectivity index (χ3n) is 10.4. The van der Waals surface area contributed by atoms with E-state index in [9.17, 15) is 62.3 Å². The third-order valence-corrected chi connectivity index (χ3v) is 10.4. The lowest BCUT2D eigenvalue weighted by Gasteiger charge is -2.44. The summed E-state index contributed by atoms with van der Waals surface area (Å²) < 4.78 is 301. The molecule has 0 saturated carbocycles. The highest BCUT2D eigenvalue weighted by atomic mass is 19.2. The second kappa shape index (κ2) is 19.1. The number of esters is 1. The minimum Gasteiger partial charge on any atom is -0.479 e. The van der Waals surface area contributed by atoms with E-state index in [1.54, 1.807) is 4.57 Å². The van der Waals surface area contributed by atoms with Crippen molar-refractivity contribution in [2.24, 2.45) is 0 Å². The number of aromatic nitrogens is 1. The van der Waals surface area contributed by atoms with Crippen molar-refractivity contribution in [1.29, 1.82) is 0 Å². The molecule has 0 amide bonds. The Bertz CT molecular complexity index is 2880. The van der Waals surface area contributed by atoms with Crippen molar-refractivity contribution >= 4 is 50.7 Å². The first-order valence-corrected chi connectivity index (χ1v) is 18.4. The largest absolute Gasteiger partial charge is 0.479 e. The summed E-state index contributed by atoms with van der Waals surface area (Å²) in [5.74, 6) is -73.2. The van der Waals surface area contributed by atoms with E-state index in [1.807, 2.05) is 66.9 Å². The summed E-state index contributed by atoms with van der Waals surface area (Å²) >= 11 is 0. The minimum atomic E-state index is -7.22. The standard InChI is InChI=1S/C24BF20.C19H15NO4/c26-5-1(6(27)14(35)21(42)13(5)34)25(2-7(28)15(36)22(43)16(37)8(2)29,3-9(30)17(38)23(44)18(39)10(3)31)4-11(32)19(40)24(45)20(41)12(4)33;21-17(22)13-24-19(23)18-16-9-5-4-8-15(16)10-11-20(18)12-14-6-2-1-3-7-14/h;1-11H,12-13H2/q-1;/p+1. The summed E-state index contributed by atoms with van der Waals surface area (Å²) in [7, 11) is 0. The summed E-state index contributed by atoms with van der Waals surface area (Å²) in [6.45, 7) is -0.170. The molecule has 7 aromatic rings. The molecule has 0 spiro atoms. The van der Waals surface area contributed by atoms with Gasteiger partial charge in [-0.05, 0) is 11.5 Å². The van der Waals surface area contributed by atoms with Crippen LogP contribution >= 0.6 is 0 Å². The number of carbonyl (C=O) groups is 2. The van der Waals surface area contributed by atoms with Crippen molar-refractivity contribution in [3.63, 3.8) is 0 Å². The smallest absolute Gasteiger partial charge is 0.404 e. The summed E-state index contributed by atoms with van der Waals surface area (Å²) in [5, 5.41) is 10.4. The fourth-order valence-electron chi connectivity index (χ4n) is 7.47. The SMILES string of the molecule is Fc1c(F)c(F)c([B-](c2c(F)c(F)c(F)c(F)c2F)(c2c(F)c(F)c(F)c(F)c2F)c2c(F)c(F)c(F)c(F)c2F)c(F)c1F.O=C(O)COC(=O)c1c2ccccc2cc[n+]1Cc1ccccc1. The van der Waals surface area contributed by atoms with Gasteiger partial charge in [-0.25, -0.2) is 97.4 Å². The fourth-order valence-corrected chi connectivity index (χ4v) is 7.47. The second-order valence-corrected chi connectivity index (χ2v) is 14.1. The zero-order valence-corrected chi connectivity index (χ0v) is 33.0. The Labute approximate surface area is 369 Å². The molecular weight excluding hydrogens is 985 g/mol. The molecule has 26 heteroatoms. The predicted octanol–water partition coefficient (Wildman–Crippen LogP) is 8.26. The van der Waals surface area contributed by atoms with E-state index >= 15 is 35.1 Å². The first-order valence-electron chi connectivity index (χ1n) is 18.4. The van der Waals surface area contributed by atoms with E-state index in [4.69, 9.17) is 9.84 Å². The number of hydrogen-bond acceptors (Lipinski definition) is 3. The van der Waals surface area contributed by atoms with Gasteiger partial charge in [-0.1, -0.05) is 48.5 Å². The number of carbonyl (C=O) groups excluding carboxylic acids is 1. The number of carboxylic acid groups (broad SMARTS) is 1. The van der Waals surface area contributed by atoms with Crippen LogP contribution in [0.25, 0.3) is 10.8 Å². The van der Waals surface area contributed by atoms with Crippen LogP contribution in [0.2, 0.25) is 0 Å². The Morgan fingerprint density at radius 1 is 0.420 bits per heavy atom. The molecule has 0 bridgehead atoms. The molecule has 1 aromatic heterocycles. The predicted molar refractivity (Wildman–Crippen MR) is 197 cm³/mol.